The molecule has 0 atom stereocenters. The van der Waals surface area contributed by atoms with Gasteiger partial charge in [0.25, 0.3) is 0 Å². The van der Waals surface area contributed by atoms with Crippen LogP contribution in [0.5, 0.6) is 0 Å². The van der Waals surface area contributed by atoms with Gasteiger partial charge in [0.2, 0.25) is 0 Å². The second-order valence-electron chi connectivity index (χ2n) is 3.34. The molecule has 0 bridgehead atoms. The van der Waals surface area contributed by atoms with E-state index in [1.165, 1.54) is 0 Å². The molecule has 0 aliphatic carbocycles. The number of aromatic amines is 1. The summed E-state index contributed by atoms with van der Waals surface area (Å²) in [7, 11) is 0. The molecule has 0 saturated heterocycles. The molecule has 2 heterocycles. The van der Waals surface area contributed by atoms with Crippen LogP contribution in [0.15, 0.2) is 24.4 Å². The highest BCUT2D eigenvalue weighted by Crippen LogP contribution is 2.24. The van der Waals surface area contributed by atoms with Gasteiger partial charge < -0.3 is 10.7 Å². The molecule has 0 radical (unpaired) electrons. The Kier molecular flexibility index (Phi) is 2.64. The number of aryl methyl sites for hydroxylation is 1. The maximum atomic E-state index is 5.82. The summed E-state index contributed by atoms with van der Waals surface area (Å²) >= 11 is 5.82. The molecule has 0 spiro atoms. The van der Waals surface area contributed by atoms with Gasteiger partial charge in [0.05, 0.1) is 0 Å². The summed E-state index contributed by atoms with van der Waals surface area (Å²) in [6.45, 7) is 2.07. The van der Waals surface area contributed by atoms with Crippen LogP contribution in [0.3, 0.4) is 0 Å². The predicted molar refractivity (Wildman–Crippen MR) is 62.8 cm³/mol. The van der Waals surface area contributed by atoms with E-state index in [0.717, 1.165) is 29.1 Å². The Morgan fingerprint density at radius 1 is 1.47 bits per heavy atom. The second kappa shape index (κ2) is 3.95. The number of aromatic nitrogens is 2. The van der Waals surface area contributed by atoms with E-state index in [2.05, 4.69) is 16.9 Å². The Morgan fingerprint density at radius 3 is 2.87 bits per heavy atom. The molecular formula is C11H12ClN3. The number of nitrogens with two attached hydrogens (primary N) is 1. The van der Waals surface area contributed by atoms with Crippen molar-refractivity contribution in [3.8, 4) is 11.3 Å². The third-order valence-corrected chi connectivity index (χ3v) is 2.56. The van der Waals surface area contributed by atoms with Crippen LogP contribution in [0.2, 0.25) is 5.15 Å². The van der Waals surface area contributed by atoms with E-state index in [1.54, 1.807) is 6.20 Å². The molecule has 2 aromatic heterocycles. The highest BCUT2D eigenvalue weighted by Gasteiger charge is 2.05. The summed E-state index contributed by atoms with van der Waals surface area (Å²) in [5.74, 6) is 0.723. The van der Waals surface area contributed by atoms with Crippen LogP contribution in [0.25, 0.3) is 11.3 Å². The summed E-state index contributed by atoms with van der Waals surface area (Å²) < 4.78 is 0. The maximum Gasteiger partial charge on any atom is 0.129 e. The largest absolute Gasteiger partial charge is 0.385 e. The van der Waals surface area contributed by atoms with E-state index >= 15 is 0 Å². The highest BCUT2D eigenvalue weighted by atomic mass is 35.5. The van der Waals surface area contributed by atoms with Gasteiger partial charge >= 0.3 is 0 Å². The Balaban J connectivity index is 2.45. The first-order valence-electron chi connectivity index (χ1n) is 4.80. The van der Waals surface area contributed by atoms with Gasteiger partial charge in [-0.15, -0.1) is 0 Å². The molecule has 3 N–H and O–H groups in total. The maximum absolute atomic E-state index is 5.82. The molecule has 2 rings (SSSR count). The normalized spacial score (nSPS) is 10.5. The number of rotatable bonds is 2. The van der Waals surface area contributed by atoms with Crippen LogP contribution in [0.1, 0.15) is 12.5 Å². The number of pyridine rings is 1. The Morgan fingerprint density at radius 2 is 2.27 bits per heavy atom. The molecule has 0 amide bonds. The van der Waals surface area contributed by atoms with Gasteiger partial charge in [-0.1, -0.05) is 18.5 Å². The fourth-order valence-electron chi connectivity index (χ4n) is 1.53. The van der Waals surface area contributed by atoms with E-state index < -0.39 is 0 Å². The van der Waals surface area contributed by atoms with Crippen LogP contribution in [-0.4, -0.2) is 9.97 Å². The number of hydrogen-bond acceptors (Lipinski definition) is 2. The van der Waals surface area contributed by atoms with Crippen molar-refractivity contribution in [1.29, 1.82) is 0 Å². The monoisotopic (exact) mass is 221 g/mol. The van der Waals surface area contributed by atoms with E-state index in [9.17, 15) is 0 Å². The van der Waals surface area contributed by atoms with Crippen LogP contribution in [-0.2, 0) is 6.42 Å². The van der Waals surface area contributed by atoms with E-state index in [0.29, 0.717) is 5.15 Å². The minimum absolute atomic E-state index is 0.485. The zero-order chi connectivity index (χ0) is 10.8. The number of H-pyrrole nitrogens is 1. The van der Waals surface area contributed by atoms with Crippen molar-refractivity contribution in [2.75, 3.05) is 5.73 Å². The zero-order valence-electron chi connectivity index (χ0n) is 8.42. The Bertz CT molecular complexity index is 476. The lowest BCUT2D eigenvalue weighted by Crippen LogP contribution is -1.88. The van der Waals surface area contributed by atoms with Crippen molar-refractivity contribution >= 4 is 17.4 Å². The number of nitrogen functional groups attached to an aromatic ring is 1. The lowest BCUT2D eigenvalue weighted by atomic mass is 10.1. The quantitative estimate of drug-likeness (QED) is 0.767. The molecule has 0 saturated carbocycles. The van der Waals surface area contributed by atoms with E-state index in [4.69, 9.17) is 17.3 Å². The minimum atomic E-state index is 0.485. The van der Waals surface area contributed by atoms with Crippen molar-refractivity contribution in [2.45, 2.75) is 13.3 Å². The van der Waals surface area contributed by atoms with Crippen molar-refractivity contribution in [1.82, 2.24) is 9.97 Å². The first-order chi connectivity index (χ1) is 7.20. The standard InChI is InChI=1S/C11H12ClN3/c1-2-7-5-9(15-11(7)13)8-3-4-14-10(12)6-8/h3-6,15H,2,13H2,1H3. The summed E-state index contributed by atoms with van der Waals surface area (Å²) in [6.07, 6.45) is 2.60. The molecule has 3 nitrogen and oxygen atoms in total. The number of anilines is 1. The molecule has 0 aliphatic heterocycles. The molecule has 0 unspecified atom stereocenters. The lowest BCUT2D eigenvalue weighted by Gasteiger charge is -1.97. The van der Waals surface area contributed by atoms with Crippen molar-refractivity contribution in [3.63, 3.8) is 0 Å². The SMILES string of the molecule is CCc1cc(-c2ccnc(Cl)c2)[nH]c1N. The number of halogens is 1. The smallest absolute Gasteiger partial charge is 0.129 e. The fourth-order valence-corrected chi connectivity index (χ4v) is 1.71. The van der Waals surface area contributed by atoms with E-state index in [-0.39, 0.29) is 0 Å². The molecule has 0 aromatic carbocycles. The molecule has 2 aromatic rings. The average Bonchev–Trinajstić information content (AvgIpc) is 2.60. The molecule has 4 heteroatoms. The van der Waals surface area contributed by atoms with Gasteiger partial charge in [-0.05, 0) is 30.2 Å². The molecule has 15 heavy (non-hydrogen) atoms. The lowest BCUT2D eigenvalue weighted by molar-refractivity contribution is 1.15. The van der Waals surface area contributed by atoms with E-state index in [1.807, 2.05) is 18.2 Å². The van der Waals surface area contributed by atoms with Crippen LogP contribution >= 0.6 is 11.6 Å². The first-order valence-corrected chi connectivity index (χ1v) is 5.17. The molecule has 0 fully saturated rings. The van der Waals surface area contributed by atoms with Crippen molar-refractivity contribution in [3.05, 3.63) is 35.1 Å². The topological polar surface area (TPSA) is 54.7 Å². The number of nitrogens with one attached hydrogen (secondary N) is 1. The fraction of sp³-hybridized carbons (Fsp3) is 0.182. The summed E-state index contributed by atoms with van der Waals surface area (Å²) in [5.41, 5.74) is 8.93. The van der Waals surface area contributed by atoms with Crippen molar-refractivity contribution in [2.24, 2.45) is 0 Å². The van der Waals surface area contributed by atoms with Gasteiger partial charge in [-0.2, -0.15) is 0 Å². The van der Waals surface area contributed by atoms with Gasteiger partial charge in [0, 0.05) is 17.5 Å². The Labute approximate surface area is 93.3 Å². The first kappa shape index (κ1) is 10.1. The minimum Gasteiger partial charge on any atom is -0.385 e. The van der Waals surface area contributed by atoms with Gasteiger partial charge in [-0.25, -0.2) is 4.98 Å². The van der Waals surface area contributed by atoms with Crippen molar-refractivity contribution < 1.29 is 0 Å². The second-order valence-corrected chi connectivity index (χ2v) is 3.73. The van der Waals surface area contributed by atoms with Gasteiger partial charge in [0.15, 0.2) is 0 Å². The average molecular weight is 222 g/mol. The van der Waals surface area contributed by atoms with Crippen LogP contribution in [0.4, 0.5) is 5.82 Å². The summed E-state index contributed by atoms with van der Waals surface area (Å²) in [5, 5.41) is 0.485. The molecule has 0 aliphatic rings. The summed E-state index contributed by atoms with van der Waals surface area (Å²) in [6, 6.07) is 5.75. The summed E-state index contributed by atoms with van der Waals surface area (Å²) in [4.78, 5) is 7.07. The molecule has 78 valence electrons. The number of nitrogens with zero attached hydrogens (tertiary/aromatic N) is 1. The third-order valence-electron chi connectivity index (χ3n) is 2.35. The zero-order valence-corrected chi connectivity index (χ0v) is 9.17. The van der Waals surface area contributed by atoms with Crippen LogP contribution in [0, 0.1) is 0 Å². The predicted octanol–water partition coefficient (Wildman–Crippen LogP) is 2.87. The highest BCUT2D eigenvalue weighted by molar-refractivity contribution is 6.29. The van der Waals surface area contributed by atoms with Gasteiger partial charge in [0.1, 0.15) is 11.0 Å². The molecular weight excluding hydrogens is 210 g/mol. The van der Waals surface area contributed by atoms with Gasteiger partial charge in [-0.3, -0.25) is 0 Å². The number of hydrogen-bond donors (Lipinski definition) is 2. The Hall–Kier alpha value is -1.48. The van der Waals surface area contributed by atoms with Crippen LogP contribution < -0.4 is 5.73 Å². The third kappa shape index (κ3) is 1.97.